The maximum atomic E-state index is 16.0. The number of alkyl halides is 1. The summed E-state index contributed by atoms with van der Waals surface area (Å²) in [4.78, 5) is 97.5. The molecule has 0 bridgehead atoms. The van der Waals surface area contributed by atoms with Crippen molar-refractivity contribution >= 4 is 58.6 Å². The molecule has 5 atom stereocenters. The number of nitrogens with two attached hydrogens (primary N) is 1. The summed E-state index contributed by atoms with van der Waals surface area (Å²) in [6.45, 7) is 6.19. The monoisotopic (exact) mass is 889 g/mol. The number of nitrogens with one attached hydrogen (secondary N) is 2. The Balaban J connectivity index is 0.727. The average Bonchev–Trinajstić information content (AvgIpc) is 4.12. The van der Waals surface area contributed by atoms with E-state index in [1.807, 2.05) is 35.2 Å². The summed E-state index contributed by atoms with van der Waals surface area (Å²) >= 11 is 0. The molecule has 10 rings (SSSR count). The second-order valence-electron chi connectivity index (χ2n) is 18.8. The summed E-state index contributed by atoms with van der Waals surface area (Å²) in [5.41, 5.74) is 8.66. The van der Waals surface area contributed by atoms with Crippen LogP contribution in [0.1, 0.15) is 107 Å². The number of halogens is 1. The molecule has 6 fully saturated rings. The molecule has 7 heterocycles. The van der Waals surface area contributed by atoms with Gasteiger partial charge in [0.2, 0.25) is 11.8 Å². The molecule has 1 aliphatic carbocycles. The van der Waals surface area contributed by atoms with E-state index in [1.165, 1.54) is 12.8 Å². The number of anilines is 4. The van der Waals surface area contributed by atoms with Gasteiger partial charge in [0.25, 0.3) is 17.7 Å². The summed E-state index contributed by atoms with van der Waals surface area (Å²) in [6, 6.07) is 12.3. The van der Waals surface area contributed by atoms with E-state index in [2.05, 4.69) is 35.2 Å². The van der Waals surface area contributed by atoms with Crippen LogP contribution in [0.3, 0.4) is 0 Å². The van der Waals surface area contributed by atoms with Crippen molar-refractivity contribution in [3.8, 4) is 0 Å². The number of piperidine rings is 3. The minimum atomic E-state index is -1.06. The number of hydrogen-bond donors (Lipinski definition) is 3. The van der Waals surface area contributed by atoms with E-state index in [0.29, 0.717) is 43.0 Å². The number of rotatable bonds is 11. The molecule has 7 aliphatic rings. The molecule has 2 aromatic carbocycles. The first kappa shape index (κ1) is 42.8. The Morgan fingerprint density at radius 3 is 2.29 bits per heavy atom. The number of likely N-dealkylation sites (tertiary alicyclic amines) is 1. The Morgan fingerprint density at radius 2 is 1.54 bits per heavy atom. The summed E-state index contributed by atoms with van der Waals surface area (Å²) < 4.78 is 16.0. The van der Waals surface area contributed by atoms with Gasteiger partial charge in [0.1, 0.15) is 18.0 Å². The molecular formula is C47H56FN11O6. The largest absolute Gasteiger partial charge is 0.371 e. The number of aromatic nitrogens is 2. The van der Waals surface area contributed by atoms with Crippen LogP contribution >= 0.6 is 0 Å². The number of benzene rings is 2. The smallest absolute Gasteiger partial charge is 0.320 e. The third kappa shape index (κ3) is 8.36. The molecule has 17 nitrogen and oxygen atoms in total. The van der Waals surface area contributed by atoms with Gasteiger partial charge >= 0.3 is 6.03 Å². The molecule has 5 unspecified atom stereocenters. The van der Waals surface area contributed by atoms with Crippen molar-refractivity contribution in [1.29, 1.82) is 0 Å². The summed E-state index contributed by atoms with van der Waals surface area (Å²) in [5.74, 6) is -1.93. The van der Waals surface area contributed by atoms with Crippen LogP contribution in [0.5, 0.6) is 0 Å². The second-order valence-corrected chi connectivity index (χ2v) is 18.8. The number of primary amides is 1. The van der Waals surface area contributed by atoms with Gasteiger partial charge in [-0.05, 0) is 93.3 Å². The van der Waals surface area contributed by atoms with E-state index in [1.54, 1.807) is 18.3 Å². The zero-order valence-corrected chi connectivity index (χ0v) is 36.5. The maximum absolute atomic E-state index is 16.0. The fourth-order valence-corrected chi connectivity index (χ4v) is 11.4. The first-order valence-electron chi connectivity index (χ1n) is 23.3. The van der Waals surface area contributed by atoms with Crippen LogP contribution in [-0.2, 0) is 9.59 Å². The van der Waals surface area contributed by atoms with Gasteiger partial charge in [0.15, 0.2) is 11.5 Å². The molecule has 0 spiro atoms. The Labute approximate surface area is 376 Å². The van der Waals surface area contributed by atoms with Gasteiger partial charge in [0, 0.05) is 82.1 Å². The highest BCUT2D eigenvalue weighted by molar-refractivity contribution is 6.23. The zero-order chi connectivity index (χ0) is 44.9. The number of carbonyl (C=O) groups is 6. The molecule has 7 amide bonds. The lowest BCUT2D eigenvalue weighted by Gasteiger charge is -2.38. The normalized spacial score (nSPS) is 26.7. The topological polar surface area (TPSA) is 198 Å². The third-order valence-corrected chi connectivity index (χ3v) is 14.8. The first-order chi connectivity index (χ1) is 31.5. The van der Waals surface area contributed by atoms with E-state index in [4.69, 9.17) is 10.7 Å². The molecule has 65 heavy (non-hydrogen) atoms. The first-order valence-corrected chi connectivity index (χ1v) is 23.3. The molecular weight excluding hydrogens is 834 g/mol. The number of hydrogen-bond acceptors (Lipinski definition) is 12. The van der Waals surface area contributed by atoms with Crippen LogP contribution < -0.4 is 26.2 Å². The second kappa shape index (κ2) is 17.7. The summed E-state index contributed by atoms with van der Waals surface area (Å²) in [7, 11) is 0. The van der Waals surface area contributed by atoms with Gasteiger partial charge in [-0.2, -0.15) is 0 Å². The van der Waals surface area contributed by atoms with Gasteiger partial charge in [-0.15, -0.1) is 0 Å². The summed E-state index contributed by atoms with van der Waals surface area (Å²) in [5, 5.41) is 5.48. The van der Waals surface area contributed by atoms with Gasteiger partial charge in [-0.25, -0.2) is 19.2 Å². The predicted octanol–water partition coefficient (Wildman–Crippen LogP) is 4.02. The number of amides is 7. The fraction of sp³-hybridized carbons (Fsp3) is 0.532. The lowest BCUT2D eigenvalue weighted by molar-refractivity contribution is -0.136. The number of nitrogens with zero attached hydrogens (tertiary/aromatic N) is 8. The lowest BCUT2D eigenvalue weighted by atomic mass is 9.87. The van der Waals surface area contributed by atoms with Crippen LogP contribution in [0.25, 0.3) is 0 Å². The Morgan fingerprint density at radius 1 is 0.785 bits per heavy atom. The highest BCUT2D eigenvalue weighted by atomic mass is 19.1. The minimum absolute atomic E-state index is 0.0205. The fourth-order valence-electron chi connectivity index (χ4n) is 11.4. The highest BCUT2D eigenvalue weighted by Crippen LogP contribution is 2.36. The Hall–Kier alpha value is -6.17. The van der Waals surface area contributed by atoms with E-state index in [9.17, 15) is 28.8 Å². The predicted molar refractivity (Wildman–Crippen MR) is 239 cm³/mol. The molecule has 5 saturated heterocycles. The lowest BCUT2D eigenvalue weighted by Crippen LogP contribution is -2.54. The van der Waals surface area contributed by atoms with E-state index < -0.39 is 41.7 Å². The standard InChI is InChI=1S/C47H56FN11O6/c48-37-27-54(24-28-15-19-55(25-28)32-11-12-35-36(22-32)46(64)59(45(35)63)38-13-14-40(60)53-44(38)62)18-16-34(37)29-7-9-30(10-8-29)51-43-41(42(49)61)50-23-39(52-43)56-17-3-6-33(26-56)58-21-20-57(47(58)65)31-4-1-2-5-31/h7-12,22-23,28,31,33-34,37-38H,1-6,13-21,24-27H2,(H2,49,61)(H,51,52)(H,53,60,62). The van der Waals surface area contributed by atoms with Crippen LogP contribution in [0.2, 0.25) is 0 Å². The minimum Gasteiger partial charge on any atom is -0.371 e. The van der Waals surface area contributed by atoms with Crippen LogP contribution in [0.4, 0.5) is 32.2 Å². The van der Waals surface area contributed by atoms with Gasteiger partial charge < -0.3 is 35.6 Å². The van der Waals surface area contributed by atoms with Crippen LogP contribution in [0.15, 0.2) is 48.7 Å². The zero-order valence-electron chi connectivity index (χ0n) is 36.5. The molecule has 18 heteroatoms. The molecule has 1 saturated carbocycles. The molecule has 4 N–H and O–H groups in total. The van der Waals surface area contributed by atoms with Crippen LogP contribution in [0, 0.1) is 5.92 Å². The van der Waals surface area contributed by atoms with Crippen molar-refractivity contribution in [2.75, 3.05) is 74.0 Å². The van der Waals surface area contributed by atoms with Crippen LogP contribution in [-0.4, -0.2) is 148 Å². The number of urea groups is 1. The molecule has 0 radical (unpaired) electrons. The van der Waals surface area contributed by atoms with E-state index in [0.717, 1.165) is 94.1 Å². The van der Waals surface area contributed by atoms with Gasteiger partial charge in [-0.1, -0.05) is 25.0 Å². The average molecular weight is 890 g/mol. The molecule has 1 aromatic heterocycles. The maximum Gasteiger partial charge on any atom is 0.320 e. The Kier molecular flexibility index (Phi) is 11.6. The van der Waals surface area contributed by atoms with E-state index in [-0.39, 0.29) is 53.5 Å². The number of imide groups is 2. The SMILES string of the molecule is NC(=O)c1ncc(N2CCCC(N3CCN(C4CCCC4)C3=O)C2)nc1Nc1ccc(C2CCN(CC3CCN(c4ccc5c(c4)C(=O)N(C4CCC(=O)NC4=O)C5=O)C3)CC2F)cc1. The van der Waals surface area contributed by atoms with Crippen molar-refractivity contribution in [2.45, 2.75) is 94.4 Å². The van der Waals surface area contributed by atoms with Crippen molar-refractivity contribution in [2.24, 2.45) is 11.7 Å². The summed E-state index contributed by atoms with van der Waals surface area (Å²) in [6.07, 6.45) is 8.62. The number of carbonyl (C=O) groups excluding carboxylic acids is 6. The molecule has 6 aliphatic heterocycles. The molecule has 3 aromatic rings. The Bertz CT molecular complexity index is 2400. The van der Waals surface area contributed by atoms with Crippen molar-refractivity contribution in [3.05, 3.63) is 71.0 Å². The molecule has 342 valence electrons. The third-order valence-electron chi connectivity index (χ3n) is 14.8. The van der Waals surface area contributed by atoms with Crippen molar-refractivity contribution in [3.63, 3.8) is 0 Å². The number of fused-ring (bicyclic) bond motifs is 1. The van der Waals surface area contributed by atoms with Crippen molar-refractivity contribution < 1.29 is 33.2 Å². The highest BCUT2D eigenvalue weighted by Gasteiger charge is 2.45. The van der Waals surface area contributed by atoms with E-state index >= 15 is 4.39 Å². The van der Waals surface area contributed by atoms with Gasteiger partial charge in [-0.3, -0.25) is 34.2 Å². The van der Waals surface area contributed by atoms with Crippen molar-refractivity contribution in [1.82, 2.24) is 34.9 Å². The quantitative estimate of drug-likeness (QED) is 0.234. The van der Waals surface area contributed by atoms with Gasteiger partial charge in [0.05, 0.1) is 23.4 Å².